The third-order valence-corrected chi connectivity index (χ3v) is 2.56. The number of halogens is 7. The van der Waals surface area contributed by atoms with Crippen LogP contribution < -0.4 is 4.74 Å². The van der Waals surface area contributed by atoms with Crippen molar-refractivity contribution in [2.24, 2.45) is 0 Å². The molecule has 0 radical (unpaired) electrons. The molecule has 8 heteroatoms. The number of hydrogen-bond acceptors (Lipinski definition) is 1. The molecule has 18 heavy (non-hydrogen) atoms. The van der Waals surface area contributed by atoms with Gasteiger partial charge in [0.15, 0.2) is 0 Å². The van der Waals surface area contributed by atoms with Gasteiger partial charge in [-0.3, -0.25) is 0 Å². The van der Waals surface area contributed by atoms with Gasteiger partial charge in [-0.25, -0.2) is 0 Å². The molecule has 0 aliphatic heterocycles. The van der Waals surface area contributed by atoms with Crippen molar-refractivity contribution in [1.29, 1.82) is 0 Å². The van der Waals surface area contributed by atoms with Gasteiger partial charge in [-0.1, -0.05) is 22.0 Å². The Kier molecular flexibility index (Phi) is 4.52. The number of rotatable bonds is 3. The highest BCUT2D eigenvalue weighted by atomic mass is 79.9. The first-order valence-electron chi connectivity index (χ1n) is 4.66. The van der Waals surface area contributed by atoms with Crippen molar-refractivity contribution in [3.8, 4) is 5.75 Å². The Morgan fingerprint density at radius 3 is 2.17 bits per heavy atom. The Labute approximate surface area is 107 Å². The van der Waals surface area contributed by atoms with Gasteiger partial charge in [0.1, 0.15) is 11.3 Å². The van der Waals surface area contributed by atoms with Gasteiger partial charge in [0.2, 0.25) is 0 Å². The summed E-state index contributed by atoms with van der Waals surface area (Å²) in [7, 11) is 0. The quantitative estimate of drug-likeness (QED) is 0.720. The summed E-state index contributed by atoms with van der Waals surface area (Å²) in [6, 6.07) is 3.37. The summed E-state index contributed by atoms with van der Waals surface area (Å²) in [5, 5.41) is 0. The SMILES string of the molecule is FC(F)(F)CCOc1cccc(Br)c1C(F)(F)F. The van der Waals surface area contributed by atoms with Gasteiger partial charge in [0.25, 0.3) is 0 Å². The predicted molar refractivity (Wildman–Crippen MR) is 55.3 cm³/mol. The molecule has 1 aromatic carbocycles. The average molecular weight is 337 g/mol. The summed E-state index contributed by atoms with van der Waals surface area (Å²) in [5.41, 5.74) is -1.12. The fourth-order valence-electron chi connectivity index (χ4n) is 1.18. The summed E-state index contributed by atoms with van der Waals surface area (Å²) in [6.45, 7) is -0.858. The molecule has 0 N–H and O–H groups in total. The molecular weight excluding hydrogens is 330 g/mol. The van der Waals surface area contributed by atoms with Crippen molar-refractivity contribution in [3.63, 3.8) is 0 Å². The molecule has 0 amide bonds. The normalized spacial score (nSPS) is 12.6. The molecule has 0 aliphatic carbocycles. The zero-order valence-electron chi connectivity index (χ0n) is 8.70. The minimum Gasteiger partial charge on any atom is -0.493 e. The Bertz CT molecular complexity index is 412. The van der Waals surface area contributed by atoms with Crippen LogP contribution in [-0.2, 0) is 6.18 Å². The lowest BCUT2D eigenvalue weighted by molar-refractivity contribution is -0.143. The van der Waals surface area contributed by atoms with Gasteiger partial charge in [0, 0.05) is 4.47 Å². The summed E-state index contributed by atoms with van der Waals surface area (Å²) < 4.78 is 77.8. The summed E-state index contributed by atoms with van der Waals surface area (Å²) in [5.74, 6) is -0.624. The van der Waals surface area contributed by atoms with E-state index in [4.69, 9.17) is 0 Å². The Hall–Kier alpha value is -0.920. The first kappa shape index (κ1) is 15.1. The number of alkyl halides is 6. The fourth-order valence-corrected chi connectivity index (χ4v) is 1.75. The molecule has 0 heterocycles. The van der Waals surface area contributed by atoms with E-state index in [1.165, 1.54) is 6.07 Å². The van der Waals surface area contributed by atoms with Gasteiger partial charge in [0.05, 0.1) is 13.0 Å². The van der Waals surface area contributed by atoms with E-state index in [-0.39, 0.29) is 4.47 Å². The number of benzene rings is 1. The molecule has 0 spiro atoms. The number of ether oxygens (including phenoxy) is 1. The Morgan fingerprint density at radius 2 is 1.67 bits per heavy atom. The average Bonchev–Trinajstić information content (AvgIpc) is 2.13. The molecule has 1 aromatic rings. The van der Waals surface area contributed by atoms with E-state index in [9.17, 15) is 26.3 Å². The van der Waals surface area contributed by atoms with E-state index in [1.807, 2.05) is 0 Å². The third-order valence-electron chi connectivity index (χ3n) is 1.90. The van der Waals surface area contributed by atoms with Crippen LogP contribution in [-0.4, -0.2) is 12.8 Å². The molecule has 1 rings (SSSR count). The maximum Gasteiger partial charge on any atom is 0.421 e. The van der Waals surface area contributed by atoms with Gasteiger partial charge >= 0.3 is 12.4 Å². The van der Waals surface area contributed by atoms with E-state index < -0.39 is 36.7 Å². The molecule has 0 fully saturated rings. The van der Waals surface area contributed by atoms with Crippen LogP contribution in [0.5, 0.6) is 5.75 Å². The lowest BCUT2D eigenvalue weighted by atomic mass is 10.2. The first-order chi connectivity index (χ1) is 8.11. The van der Waals surface area contributed by atoms with Gasteiger partial charge in [-0.2, -0.15) is 26.3 Å². The van der Waals surface area contributed by atoms with Crippen molar-refractivity contribution < 1.29 is 31.1 Å². The molecule has 0 saturated carbocycles. The first-order valence-corrected chi connectivity index (χ1v) is 5.46. The standard InChI is InChI=1S/C10H7BrF6O/c11-6-2-1-3-7(8(6)10(15,16)17)18-5-4-9(12,13)14/h1-3H,4-5H2. The topological polar surface area (TPSA) is 9.23 Å². The van der Waals surface area contributed by atoms with E-state index in [2.05, 4.69) is 20.7 Å². The van der Waals surface area contributed by atoms with Crippen molar-refractivity contribution in [3.05, 3.63) is 28.2 Å². The van der Waals surface area contributed by atoms with Crippen LogP contribution in [0.1, 0.15) is 12.0 Å². The molecule has 0 bridgehead atoms. The molecule has 0 atom stereocenters. The van der Waals surface area contributed by atoms with Crippen LogP contribution in [0.15, 0.2) is 22.7 Å². The summed E-state index contributed by atoms with van der Waals surface area (Å²) in [6.07, 6.45) is -10.5. The van der Waals surface area contributed by atoms with E-state index >= 15 is 0 Å². The highest BCUT2D eigenvalue weighted by Crippen LogP contribution is 2.41. The lowest BCUT2D eigenvalue weighted by Crippen LogP contribution is -2.15. The molecule has 1 nitrogen and oxygen atoms in total. The van der Waals surface area contributed by atoms with Crippen molar-refractivity contribution in [1.82, 2.24) is 0 Å². The second-order valence-corrected chi connectivity index (χ2v) is 4.18. The van der Waals surface area contributed by atoms with Crippen LogP contribution in [0.25, 0.3) is 0 Å². The second-order valence-electron chi connectivity index (χ2n) is 3.32. The molecule has 0 unspecified atom stereocenters. The molecular formula is C10H7BrF6O. The maximum absolute atomic E-state index is 12.6. The fraction of sp³-hybridized carbons (Fsp3) is 0.400. The predicted octanol–water partition coefficient (Wildman–Crippen LogP) is 4.80. The van der Waals surface area contributed by atoms with E-state index in [0.29, 0.717) is 0 Å². The van der Waals surface area contributed by atoms with Gasteiger partial charge in [-0.05, 0) is 12.1 Å². The molecule has 102 valence electrons. The largest absolute Gasteiger partial charge is 0.493 e. The summed E-state index contributed by atoms with van der Waals surface area (Å²) in [4.78, 5) is 0. The van der Waals surface area contributed by atoms with Crippen molar-refractivity contribution >= 4 is 15.9 Å². The second kappa shape index (κ2) is 5.38. The highest BCUT2D eigenvalue weighted by Gasteiger charge is 2.37. The zero-order chi connectivity index (χ0) is 14.0. The number of hydrogen-bond donors (Lipinski definition) is 0. The lowest BCUT2D eigenvalue weighted by Gasteiger charge is -2.15. The van der Waals surface area contributed by atoms with Crippen molar-refractivity contribution in [2.75, 3.05) is 6.61 Å². The minimum atomic E-state index is -4.70. The monoisotopic (exact) mass is 336 g/mol. The van der Waals surface area contributed by atoms with Crippen LogP contribution in [0.3, 0.4) is 0 Å². The van der Waals surface area contributed by atoms with E-state index in [1.54, 1.807) is 0 Å². The van der Waals surface area contributed by atoms with E-state index in [0.717, 1.165) is 12.1 Å². The van der Waals surface area contributed by atoms with Crippen LogP contribution in [0, 0.1) is 0 Å². The van der Waals surface area contributed by atoms with Crippen LogP contribution in [0.4, 0.5) is 26.3 Å². The van der Waals surface area contributed by atoms with Crippen molar-refractivity contribution in [2.45, 2.75) is 18.8 Å². The molecule has 0 aliphatic rings. The molecule has 0 aromatic heterocycles. The Morgan fingerprint density at radius 1 is 1.06 bits per heavy atom. The molecule has 0 saturated heterocycles. The summed E-state index contributed by atoms with van der Waals surface area (Å²) >= 11 is 2.69. The van der Waals surface area contributed by atoms with Gasteiger partial charge in [-0.15, -0.1) is 0 Å². The Balaban J connectivity index is 2.87. The highest BCUT2D eigenvalue weighted by molar-refractivity contribution is 9.10. The van der Waals surface area contributed by atoms with Crippen LogP contribution in [0.2, 0.25) is 0 Å². The maximum atomic E-state index is 12.6. The zero-order valence-corrected chi connectivity index (χ0v) is 10.3. The third kappa shape index (κ3) is 4.40. The van der Waals surface area contributed by atoms with Crippen LogP contribution >= 0.6 is 15.9 Å². The minimum absolute atomic E-state index is 0.278. The smallest absolute Gasteiger partial charge is 0.421 e. The van der Waals surface area contributed by atoms with Gasteiger partial charge < -0.3 is 4.74 Å².